The van der Waals surface area contributed by atoms with E-state index in [0.29, 0.717) is 24.6 Å². The van der Waals surface area contributed by atoms with Gasteiger partial charge in [-0.05, 0) is 94.1 Å². The minimum atomic E-state index is -0.537. The molecule has 2 fully saturated rings. The number of rotatable bonds is 10. The molecule has 2 aromatic rings. The van der Waals surface area contributed by atoms with E-state index in [4.69, 9.17) is 4.74 Å². The van der Waals surface area contributed by atoms with E-state index in [1.54, 1.807) is 0 Å². The topological polar surface area (TPSA) is 70.7 Å². The van der Waals surface area contributed by atoms with Gasteiger partial charge in [-0.2, -0.15) is 0 Å². The Kier molecular flexibility index (Phi) is 8.89. The van der Waals surface area contributed by atoms with Gasteiger partial charge in [-0.1, -0.05) is 44.7 Å². The van der Waals surface area contributed by atoms with Gasteiger partial charge in [0.05, 0.1) is 6.10 Å². The van der Waals surface area contributed by atoms with Crippen LogP contribution in [0.4, 0.5) is 0 Å². The Hall–Kier alpha value is -2.60. The normalized spacial score (nSPS) is 18.8. The summed E-state index contributed by atoms with van der Waals surface area (Å²) in [6.07, 6.45) is 12.3. The van der Waals surface area contributed by atoms with Crippen LogP contribution in [0.25, 0.3) is 10.8 Å². The lowest BCUT2D eigenvalue weighted by molar-refractivity contribution is -0.123. The number of benzene rings is 2. The van der Waals surface area contributed by atoms with Crippen molar-refractivity contribution in [1.82, 2.24) is 15.5 Å². The fourth-order valence-corrected chi connectivity index (χ4v) is 5.80. The van der Waals surface area contributed by atoms with Crippen LogP contribution in [-0.2, 0) is 4.79 Å². The molecule has 0 heterocycles. The van der Waals surface area contributed by atoms with Crippen LogP contribution in [-0.4, -0.2) is 55.0 Å². The number of carbonyl (C=O) groups excluding carboxylic acids is 2. The molecule has 2 aliphatic rings. The van der Waals surface area contributed by atoms with Crippen LogP contribution in [0.3, 0.4) is 0 Å². The largest absolute Gasteiger partial charge is 0.490 e. The molecule has 0 saturated heterocycles. The second-order valence-electron chi connectivity index (χ2n) is 11.0. The Labute approximate surface area is 216 Å². The standard InChI is InChI=1S/C30H43N3O3/c1-4-10-27(29(35)31-21-30(33(2)3)17-8-9-18-30)32-28(34)24-14-13-23-20-26(16-15-22(23)19-24)36-25-11-6-5-7-12-25/h13-16,19-20,25,27H,4-12,17-18,21H2,1-3H3,(H,31,35)(H,32,34)/t27-/m0/s1. The van der Waals surface area contributed by atoms with Crippen molar-refractivity contribution in [3.8, 4) is 5.75 Å². The quantitative estimate of drug-likeness (QED) is 0.462. The molecule has 0 aliphatic heterocycles. The summed E-state index contributed by atoms with van der Waals surface area (Å²) in [6.45, 7) is 2.66. The van der Waals surface area contributed by atoms with E-state index in [1.807, 2.05) is 37.3 Å². The third-order valence-electron chi connectivity index (χ3n) is 8.20. The second kappa shape index (κ2) is 12.1. The van der Waals surface area contributed by atoms with Crippen LogP contribution in [0.1, 0.15) is 87.9 Å². The first kappa shape index (κ1) is 26.5. The molecule has 2 saturated carbocycles. The van der Waals surface area contributed by atoms with Gasteiger partial charge < -0.3 is 20.3 Å². The molecule has 0 aromatic heterocycles. The van der Waals surface area contributed by atoms with E-state index >= 15 is 0 Å². The summed E-state index contributed by atoms with van der Waals surface area (Å²) in [5.74, 6) is 0.587. The average Bonchev–Trinajstić information content (AvgIpc) is 3.38. The van der Waals surface area contributed by atoms with Gasteiger partial charge in [0, 0.05) is 17.6 Å². The number of likely N-dealkylation sites (N-methyl/N-ethyl adjacent to an activating group) is 1. The zero-order chi connectivity index (χ0) is 25.5. The average molecular weight is 494 g/mol. The maximum absolute atomic E-state index is 13.1. The monoisotopic (exact) mass is 493 g/mol. The zero-order valence-electron chi connectivity index (χ0n) is 22.3. The lowest BCUT2D eigenvalue weighted by Gasteiger charge is -2.37. The summed E-state index contributed by atoms with van der Waals surface area (Å²) < 4.78 is 6.20. The number of carbonyl (C=O) groups is 2. The van der Waals surface area contributed by atoms with Gasteiger partial charge in [-0.15, -0.1) is 0 Å². The molecule has 0 bridgehead atoms. The number of amides is 2. The number of nitrogens with one attached hydrogen (secondary N) is 2. The molecule has 6 nitrogen and oxygen atoms in total. The number of hydrogen-bond acceptors (Lipinski definition) is 4. The molecule has 0 radical (unpaired) electrons. The summed E-state index contributed by atoms with van der Waals surface area (Å²) in [5, 5.41) is 8.18. The highest BCUT2D eigenvalue weighted by Gasteiger charge is 2.36. The van der Waals surface area contributed by atoms with Gasteiger partial charge in [0.15, 0.2) is 0 Å². The van der Waals surface area contributed by atoms with Crippen LogP contribution in [0.5, 0.6) is 5.75 Å². The van der Waals surface area contributed by atoms with Crippen molar-refractivity contribution in [2.45, 2.75) is 95.2 Å². The van der Waals surface area contributed by atoms with Gasteiger partial charge in [0.1, 0.15) is 11.8 Å². The Balaban J connectivity index is 1.39. The third-order valence-corrected chi connectivity index (χ3v) is 8.20. The smallest absolute Gasteiger partial charge is 0.251 e. The Bertz CT molecular complexity index is 1040. The third kappa shape index (κ3) is 6.39. The fourth-order valence-electron chi connectivity index (χ4n) is 5.80. The highest BCUT2D eigenvalue weighted by atomic mass is 16.5. The summed E-state index contributed by atoms with van der Waals surface area (Å²) in [5.41, 5.74) is 0.590. The first-order valence-electron chi connectivity index (χ1n) is 13.9. The van der Waals surface area contributed by atoms with Crippen LogP contribution >= 0.6 is 0 Å². The van der Waals surface area contributed by atoms with Crippen LogP contribution < -0.4 is 15.4 Å². The molecule has 4 rings (SSSR count). The molecule has 196 valence electrons. The lowest BCUT2D eigenvalue weighted by Crippen LogP contribution is -2.54. The van der Waals surface area contributed by atoms with E-state index in [0.717, 1.165) is 48.6 Å². The molecule has 2 aromatic carbocycles. The maximum Gasteiger partial charge on any atom is 0.251 e. The van der Waals surface area contributed by atoms with Crippen LogP contribution in [0.15, 0.2) is 36.4 Å². The predicted molar refractivity (Wildman–Crippen MR) is 146 cm³/mol. The number of nitrogens with zero attached hydrogens (tertiary/aromatic N) is 1. The minimum absolute atomic E-state index is 0.0222. The highest BCUT2D eigenvalue weighted by molar-refractivity contribution is 6.00. The molecule has 1 atom stereocenters. The summed E-state index contributed by atoms with van der Waals surface area (Å²) in [6, 6.07) is 11.2. The molecular formula is C30H43N3O3. The van der Waals surface area contributed by atoms with Crippen molar-refractivity contribution in [2.75, 3.05) is 20.6 Å². The SMILES string of the molecule is CCC[C@H](NC(=O)c1ccc2cc(OC3CCCCC3)ccc2c1)C(=O)NCC1(N(C)C)CCCC1. The molecule has 6 heteroatoms. The van der Waals surface area contributed by atoms with E-state index in [9.17, 15) is 9.59 Å². The van der Waals surface area contributed by atoms with Crippen LogP contribution in [0.2, 0.25) is 0 Å². The summed E-state index contributed by atoms with van der Waals surface area (Å²) >= 11 is 0. The molecule has 2 aliphatic carbocycles. The predicted octanol–water partition coefficient (Wildman–Crippen LogP) is 5.44. The Morgan fingerprint density at radius 2 is 1.69 bits per heavy atom. The first-order chi connectivity index (χ1) is 17.4. The summed E-state index contributed by atoms with van der Waals surface area (Å²) in [4.78, 5) is 28.4. The van der Waals surface area contributed by atoms with Gasteiger partial charge in [0.25, 0.3) is 5.91 Å². The Morgan fingerprint density at radius 3 is 2.39 bits per heavy atom. The van der Waals surface area contributed by atoms with Crippen molar-refractivity contribution in [1.29, 1.82) is 0 Å². The number of hydrogen-bond donors (Lipinski definition) is 2. The minimum Gasteiger partial charge on any atom is -0.490 e. The number of ether oxygens (including phenoxy) is 1. The molecular weight excluding hydrogens is 450 g/mol. The van der Waals surface area contributed by atoms with E-state index in [2.05, 4.69) is 35.7 Å². The molecule has 2 N–H and O–H groups in total. The van der Waals surface area contributed by atoms with Crippen LogP contribution in [0, 0.1) is 0 Å². The lowest BCUT2D eigenvalue weighted by atomic mass is 9.95. The molecule has 0 unspecified atom stereocenters. The van der Waals surface area contributed by atoms with E-state index in [1.165, 1.54) is 32.1 Å². The van der Waals surface area contributed by atoms with Gasteiger partial charge in [-0.25, -0.2) is 0 Å². The van der Waals surface area contributed by atoms with E-state index in [-0.39, 0.29) is 17.4 Å². The summed E-state index contributed by atoms with van der Waals surface area (Å²) in [7, 11) is 4.18. The molecule has 36 heavy (non-hydrogen) atoms. The van der Waals surface area contributed by atoms with Gasteiger partial charge in [-0.3, -0.25) is 9.59 Å². The second-order valence-corrected chi connectivity index (χ2v) is 11.0. The Morgan fingerprint density at radius 1 is 1.00 bits per heavy atom. The number of fused-ring (bicyclic) bond motifs is 1. The van der Waals surface area contributed by atoms with Crippen molar-refractivity contribution >= 4 is 22.6 Å². The first-order valence-corrected chi connectivity index (χ1v) is 13.9. The van der Waals surface area contributed by atoms with Crippen molar-refractivity contribution < 1.29 is 14.3 Å². The van der Waals surface area contributed by atoms with Gasteiger partial charge in [0.2, 0.25) is 5.91 Å². The van der Waals surface area contributed by atoms with Gasteiger partial charge >= 0.3 is 0 Å². The van der Waals surface area contributed by atoms with Crippen molar-refractivity contribution in [3.63, 3.8) is 0 Å². The highest BCUT2D eigenvalue weighted by Crippen LogP contribution is 2.33. The molecule has 2 amide bonds. The van der Waals surface area contributed by atoms with Crippen molar-refractivity contribution in [2.24, 2.45) is 0 Å². The fraction of sp³-hybridized carbons (Fsp3) is 0.600. The van der Waals surface area contributed by atoms with E-state index < -0.39 is 6.04 Å². The maximum atomic E-state index is 13.1. The molecule has 0 spiro atoms. The van der Waals surface area contributed by atoms with Crippen molar-refractivity contribution in [3.05, 3.63) is 42.0 Å². The zero-order valence-corrected chi connectivity index (χ0v) is 22.3.